The summed E-state index contributed by atoms with van der Waals surface area (Å²) in [6.07, 6.45) is 0.918. The predicted molar refractivity (Wildman–Crippen MR) is 74.7 cm³/mol. The minimum absolute atomic E-state index is 0.166. The molecule has 0 aliphatic heterocycles. The van der Waals surface area contributed by atoms with Gasteiger partial charge in [0.15, 0.2) is 0 Å². The second kappa shape index (κ2) is 7.12. The van der Waals surface area contributed by atoms with E-state index in [1.54, 1.807) is 6.07 Å². The Morgan fingerprint density at radius 2 is 2.00 bits per heavy atom. The Morgan fingerprint density at radius 1 is 1.29 bits per heavy atom. The Balaban J connectivity index is 2.71. The summed E-state index contributed by atoms with van der Waals surface area (Å²) in [5.74, 6) is 0.972. The first-order valence-electron chi connectivity index (χ1n) is 6.18. The lowest BCUT2D eigenvalue weighted by molar-refractivity contribution is 0.363. The number of hydrogen-bond acceptors (Lipinski definition) is 1. The molecule has 0 radical (unpaired) electrons. The van der Waals surface area contributed by atoms with Gasteiger partial charge in [0.1, 0.15) is 5.82 Å². The molecule has 3 heteroatoms. The number of nitrogens with one attached hydrogen (secondary N) is 1. The minimum atomic E-state index is -0.166. The highest BCUT2D eigenvalue weighted by Gasteiger charge is 2.14. The maximum absolute atomic E-state index is 13.3. The van der Waals surface area contributed by atoms with E-state index in [4.69, 9.17) is 0 Å². The van der Waals surface area contributed by atoms with Gasteiger partial charge in [0.2, 0.25) is 0 Å². The van der Waals surface area contributed by atoms with E-state index in [-0.39, 0.29) is 5.82 Å². The minimum Gasteiger partial charge on any atom is -0.317 e. The standard InChI is InChI=1S/C14H21BrFN/c1-4-17-9-12(10(2)3)5-11-6-13(15)8-14(16)7-11/h6-8,10,12,17H,4-5,9H2,1-3H3. The van der Waals surface area contributed by atoms with E-state index in [1.807, 2.05) is 6.07 Å². The molecule has 0 heterocycles. The molecule has 1 rings (SSSR count). The highest BCUT2D eigenvalue weighted by molar-refractivity contribution is 9.10. The van der Waals surface area contributed by atoms with Crippen molar-refractivity contribution in [3.05, 3.63) is 34.1 Å². The van der Waals surface area contributed by atoms with Crippen LogP contribution in [0.2, 0.25) is 0 Å². The largest absolute Gasteiger partial charge is 0.317 e. The molecule has 0 amide bonds. The Hall–Kier alpha value is -0.410. The molecule has 1 unspecified atom stereocenters. The van der Waals surface area contributed by atoms with Crippen molar-refractivity contribution in [1.29, 1.82) is 0 Å². The maximum atomic E-state index is 13.3. The molecule has 0 aromatic heterocycles. The van der Waals surface area contributed by atoms with Crippen LogP contribution in [0.1, 0.15) is 26.3 Å². The van der Waals surface area contributed by atoms with Gasteiger partial charge in [-0.15, -0.1) is 0 Å². The molecule has 0 fully saturated rings. The number of halogens is 2. The summed E-state index contributed by atoms with van der Waals surface area (Å²) in [4.78, 5) is 0. The zero-order valence-corrected chi connectivity index (χ0v) is 12.3. The molecule has 0 spiro atoms. The van der Waals surface area contributed by atoms with Gasteiger partial charge in [0.05, 0.1) is 0 Å². The van der Waals surface area contributed by atoms with Crippen molar-refractivity contribution in [1.82, 2.24) is 5.32 Å². The van der Waals surface area contributed by atoms with Gasteiger partial charge in [-0.2, -0.15) is 0 Å². The van der Waals surface area contributed by atoms with E-state index < -0.39 is 0 Å². The average Bonchev–Trinajstić information content (AvgIpc) is 2.22. The molecule has 1 N–H and O–H groups in total. The van der Waals surface area contributed by atoms with Gasteiger partial charge >= 0.3 is 0 Å². The zero-order chi connectivity index (χ0) is 12.8. The van der Waals surface area contributed by atoms with Crippen molar-refractivity contribution in [3.63, 3.8) is 0 Å². The molecule has 1 aromatic carbocycles. The van der Waals surface area contributed by atoms with Crippen molar-refractivity contribution in [2.24, 2.45) is 11.8 Å². The molecule has 0 saturated heterocycles. The van der Waals surface area contributed by atoms with Crippen molar-refractivity contribution in [2.75, 3.05) is 13.1 Å². The van der Waals surface area contributed by atoms with E-state index in [9.17, 15) is 4.39 Å². The van der Waals surface area contributed by atoms with E-state index in [0.29, 0.717) is 11.8 Å². The van der Waals surface area contributed by atoms with Crippen LogP contribution in [-0.2, 0) is 6.42 Å². The van der Waals surface area contributed by atoms with Crippen LogP contribution in [0.3, 0.4) is 0 Å². The van der Waals surface area contributed by atoms with Gasteiger partial charge in [-0.05, 0) is 55.1 Å². The third-order valence-electron chi connectivity index (χ3n) is 3.02. The quantitative estimate of drug-likeness (QED) is 0.837. The fraction of sp³-hybridized carbons (Fsp3) is 0.571. The third-order valence-corrected chi connectivity index (χ3v) is 3.48. The molecular weight excluding hydrogens is 281 g/mol. The van der Waals surface area contributed by atoms with Crippen LogP contribution in [-0.4, -0.2) is 13.1 Å². The first-order chi connectivity index (χ1) is 8.02. The average molecular weight is 302 g/mol. The molecule has 96 valence electrons. The molecule has 0 saturated carbocycles. The van der Waals surface area contributed by atoms with Crippen LogP contribution in [0.5, 0.6) is 0 Å². The van der Waals surface area contributed by atoms with Gasteiger partial charge in [-0.1, -0.05) is 36.7 Å². The lowest BCUT2D eigenvalue weighted by Crippen LogP contribution is -2.27. The molecule has 17 heavy (non-hydrogen) atoms. The van der Waals surface area contributed by atoms with Gasteiger partial charge in [-0.3, -0.25) is 0 Å². The highest BCUT2D eigenvalue weighted by Crippen LogP contribution is 2.21. The summed E-state index contributed by atoms with van der Waals surface area (Å²) in [5, 5.41) is 3.37. The Labute approximate surface area is 112 Å². The highest BCUT2D eigenvalue weighted by atomic mass is 79.9. The molecule has 1 atom stereocenters. The third kappa shape index (κ3) is 5.17. The fourth-order valence-corrected chi connectivity index (χ4v) is 2.42. The van der Waals surface area contributed by atoms with Crippen molar-refractivity contribution < 1.29 is 4.39 Å². The normalized spacial score (nSPS) is 13.1. The smallest absolute Gasteiger partial charge is 0.124 e. The second-order valence-electron chi connectivity index (χ2n) is 4.79. The fourth-order valence-electron chi connectivity index (χ4n) is 1.90. The Kier molecular flexibility index (Phi) is 6.14. The van der Waals surface area contributed by atoms with E-state index in [0.717, 1.165) is 29.5 Å². The van der Waals surface area contributed by atoms with Crippen LogP contribution >= 0.6 is 15.9 Å². The van der Waals surface area contributed by atoms with Crippen LogP contribution in [0.15, 0.2) is 22.7 Å². The summed E-state index contributed by atoms with van der Waals surface area (Å²) in [6, 6.07) is 5.13. The SMILES string of the molecule is CCNCC(Cc1cc(F)cc(Br)c1)C(C)C. The molecular formula is C14H21BrFN. The predicted octanol–water partition coefficient (Wildman–Crippen LogP) is 4.01. The summed E-state index contributed by atoms with van der Waals surface area (Å²) in [6.45, 7) is 8.52. The lowest BCUT2D eigenvalue weighted by atomic mass is 9.89. The zero-order valence-electron chi connectivity index (χ0n) is 10.8. The van der Waals surface area contributed by atoms with Gasteiger partial charge in [0, 0.05) is 4.47 Å². The Bertz CT molecular complexity index is 332. The van der Waals surface area contributed by atoms with Crippen LogP contribution in [0.25, 0.3) is 0 Å². The van der Waals surface area contributed by atoms with E-state index in [1.165, 1.54) is 6.07 Å². The molecule has 1 aromatic rings. The lowest BCUT2D eigenvalue weighted by Gasteiger charge is -2.21. The van der Waals surface area contributed by atoms with Gasteiger partial charge in [-0.25, -0.2) is 4.39 Å². The second-order valence-corrected chi connectivity index (χ2v) is 5.71. The Morgan fingerprint density at radius 3 is 2.53 bits per heavy atom. The van der Waals surface area contributed by atoms with Crippen LogP contribution in [0, 0.1) is 17.7 Å². The van der Waals surface area contributed by atoms with E-state index in [2.05, 4.69) is 42.0 Å². The first kappa shape index (κ1) is 14.7. The molecule has 0 aliphatic carbocycles. The number of rotatable bonds is 6. The number of benzene rings is 1. The molecule has 0 aliphatic rings. The summed E-state index contributed by atoms with van der Waals surface area (Å²) in [5.41, 5.74) is 1.06. The summed E-state index contributed by atoms with van der Waals surface area (Å²) in [7, 11) is 0. The summed E-state index contributed by atoms with van der Waals surface area (Å²) >= 11 is 3.34. The van der Waals surface area contributed by atoms with Crippen molar-refractivity contribution in [3.8, 4) is 0 Å². The maximum Gasteiger partial charge on any atom is 0.124 e. The molecule has 1 nitrogen and oxygen atoms in total. The van der Waals surface area contributed by atoms with Crippen LogP contribution < -0.4 is 5.32 Å². The molecule has 0 bridgehead atoms. The van der Waals surface area contributed by atoms with Crippen molar-refractivity contribution >= 4 is 15.9 Å². The van der Waals surface area contributed by atoms with Crippen molar-refractivity contribution in [2.45, 2.75) is 27.2 Å². The van der Waals surface area contributed by atoms with Gasteiger partial charge < -0.3 is 5.32 Å². The van der Waals surface area contributed by atoms with E-state index >= 15 is 0 Å². The summed E-state index contributed by atoms with van der Waals surface area (Å²) < 4.78 is 14.1. The van der Waals surface area contributed by atoms with Crippen LogP contribution in [0.4, 0.5) is 4.39 Å². The topological polar surface area (TPSA) is 12.0 Å². The first-order valence-corrected chi connectivity index (χ1v) is 6.98. The van der Waals surface area contributed by atoms with Gasteiger partial charge in [0.25, 0.3) is 0 Å². The monoisotopic (exact) mass is 301 g/mol. The number of hydrogen-bond donors (Lipinski definition) is 1.